The summed E-state index contributed by atoms with van der Waals surface area (Å²) >= 11 is 0. The number of carbonyl (C=O) groups excluding carboxylic acids is 2. The van der Waals surface area contributed by atoms with Gasteiger partial charge in [-0.15, -0.1) is 0 Å². The number of alkyl carbamates (subject to hydrolysis) is 1. The molecule has 0 aromatic heterocycles. The van der Waals surface area contributed by atoms with Gasteiger partial charge in [0.25, 0.3) is 8.32 Å². The predicted octanol–water partition coefficient (Wildman–Crippen LogP) is 5.77. The normalized spacial score (nSPS) is 13.0. The van der Waals surface area contributed by atoms with Crippen LogP contribution in [-0.4, -0.2) is 51.8 Å². The minimum Gasteiger partial charge on any atom is -0.454 e. The number of ether oxygens (including phenoxy) is 3. The molecule has 0 unspecified atom stereocenters. The monoisotopic (exact) mass is 603 g/mol. The number of nitrogens with one attached hydrogen (secondary N) is 1. The van der Waals surface area contributed by atoms with E-state index >= 15 is 0 Å². The maximum Gasteiger partial charge on any atom is 0.408 e. The Morgan fingerprint density at radius 3 is 1.86 bits per heavy atom. The predicted molar refractivity (Wildman–Crippen MR) is 173 cm³/mol. The van der Waals surface area contributed by atoms with Gasteiger partial charge in [0.1, 0.15) is 18.2 Å². The Kier molecular flexibility index (Phi) is 12.3. The average Bonchev–Trinajstić information content (AvgIpc) is 2.96. The van der Waals surface area contributed by atoms with Crippen molar-refractivity contribution >= 4 is 30.8 Å². The molecule has 7 nitrogen and oxygen atoms in total. The Labute approximate surface area is 257 Å². The molecule has 3 aromatic rings. The molecule has 43 heavy (non-hydrogen) atoms. The fourth-order valence-electron chi connectivity index (χ4n) is 4.79. The first-order valence-electron chi connectivity index (χ1n) is 14.6. The topological polar surface area (TPSA) is 83.1 Å². The lowest BCUT2D eigenvalue weighted by molar-refractivity contribution is -0.147. The molecule has 0 saturated heterocycles. The smallest absolute Gasteiger partial charge is 0.408 e. The van der Waals surface area contributed by atoms with Crippen molar-refractivity contribution in [1.82, 2.24) is 5.32 Å². The Hall–Kier alpha value is -3.72. The van der Waals surface area contributed by atoms with Gasteiger partial charge in [-0.2, -0.15) is 0 Å². The van der Waals surface area contributed by atoms with Crippen molar-refractivity contribution in [3.05, 3.63) is 109 Å². The van der Waals surface area contributed by atoms with E-state index < -0.39 is 32.1 Å². The molecule has 3 rings (SSSR count). The number of rotatable bonds is 13. The van der Waals surface area contributed by atoms with Crippen LogP contribution in [0.4, 0.5) is 4.79 Å². The number of hydrogen-bond acceptors (Lipinski definition) is 6. The largest absolute Gasteiger partial charge is 0.454 e. The molecule has 0 fully saturated rings. The van der Waals surface area contributed by atoms with Crippen LogP contribution in [0.3, 0.4) is 0 Å². The molecule has 230 valence electrons. The highest BCUT2D eigenvalue weighted by Gasteiger charge is 2.50. The summed E-state index contributed by atoms with van der Waals surface area (Å²) in [5, 5.41) is 4.48. The van der Waals surface area contributed by atoms with E-state index in [1.807, 2.05) is 72.8 Å². The Balaban J connectivity index is 1.81. The van der Waals surface area contributed by atoms with Gasteiger partial charge in [-0.05, 0) is 47.8 Å². The van der Waals surface area contributed by atoms with Crippen molar-refractivity contribution in [1.29, 1.82) is 0 Å². The van der Waals surface area contributed by atoms with E-state index in [1.54, 1.807) is 26.8 Å². The second kappa shape index (κ2) is 15.7. The molecule has 0 aliphatic heterocycles. The molecule has 0 spiro atoms. The van der Waals surface area contributed by atoms with Crippen molar-refractivity contribution < 1.29 is 28.2 Å². The van der Waals surface area contributed by atoms with Crippen molar-refractivity contribution in [3.8, 4) is 0 Å². The molecular formula is C35H45NO6Si. The lowest BCUT2D eigenvalue weighted by Gasteiger charge is -2.43. The molecule has 1 N–H and O–H groups in total. The third kappa shape index (κ3) is 10.5. The summed E-state index contributed by atoms with van der Waals surface area (Å²) in [5.41, 5.74) is 0.393. The zero-order valence-corrected chi connectivity index (χ0v) is 27.2. The van der Waals surface area contributed by atoms with Gasteiger partial charge in [0, 0.05) is 0 Å². The average molecular weight is 604 g/mol. The van der Waals surface area contributed by atoms with Crippen LogP contribution in [0.2, 0.25) is 5.04 Å². The number of amides is 1. The van der Waals surface area contributed by atoms with Crippen LogP contribution in [0.15, 0.2) is 103 Å². The fraction of sp³-hybridized carbons (Fsp3) is 0.371. The first-order chi connectivity index (χ1) is 20.4. The summed E-state index contributed by atoms with van der Waals surface area (Å²) in [4.78, 5) is 25.0. The van der Waals surface area contributed by atoms with Crippen LogP contribution in [-0.2, 0) is 30.0 Å². The SMILES string of the molecule is CC(C)(C)OC(=O)NCC(=O)O[C@@H](/C=C/COCc1ccccc1)CO[Si](c1ccccc1)(c1ccccc1)C(C)(C)C. The van der Waals surface area contributed by atoms with E-state index in [2.05, 4.69) is 50.4 Å². The Bertz CT molecular complexity index is 1260. The van der Waals surface area contributed by atoms with Gasteiger partial charge < -0.3 is 24.0 Å². The highest BCUT2D eigenvalue weighted by Crippen LogP contribution is 2.37. The van der Waals surface area contributed by atoms with Crippen LogP contribution in [0.5, 0.6) is 0 Å². The van der Waals surface area contributed by atoms with Crippen molar-refractivity contribution in [2.24, 2.45) is 0 Å². The maximum absolute atomic E-state index is 12.9. The highest BCUT2D eigenvalue weighted by atomic mass is 28.4. The summed E-state index contributed by atoms with van der Waals surface area (Å²) in [6.45, 7) is 12.4. The molecule has 0 bridgehead atoms. The van der Waals surface area contributed by atoms with Gasteiger partial charge in [0.05, 0.1) is 19.8 Å². The fourth-order valence-corrected chi connectivity index (χ4v) is 9.36. The molecule has 0 saturated carbocycles. The van der Waals surface area contributed by atoms with Crippen molar-refractivity contribution in [2.75, 3.05) is 19.8 Å². The summed E-state index contributed by atoms with van der Waals surface area (Å²) in [5.74, 6) is -0.600. The Morgan fingerprint density at radius 1 is 0.814 bits per heavy atom. The van der Waals surface area contributed by atoms with Gasteiger partial charge in [-0.1, -0.05) is 118 Å². The van der Waals surface area contributed by atoms with Crippen molar-refractivity contribution in [3.63, 3.8) is 0 Å². The molecule has 1 amide bonds. The minimum atomic E-state index is -2.87. The van der Waals surface area contributed by atoms with Gasteiger partial charge in [-0.25, -0.2) is 4.79 Å². The minimum absolute atomic E-state index is 0.126. The van der Waals surface area contributed by atoms with Crippen LogP contribution in [0.25, 0.3) is 0 Å². The summed E-state index contributed by atoms with van der Waals surface area (Å²) in [7, 11) is -2.87. The summed E-state index contributed by atoms with van der Waals surface area (Å²) < 4.78 is 23.9. The van der Waals surface area contributed by atoms with Crippen molar-refractivity contribution in [2.45, 2.75) is 64.9 Å². The second-order valence-electron chi connectivity index (χ2n) is 12.3. The summed E-state index contributed by atoms with van der Waals surface area (Å²) in [6.07, 6.45) is 2.22. The molecule has 0 heterocycles. The molecule has 3 aromatic carbocycles. The summed E-state index contributed by atoms with van der Waals surface area (Å²) in [6, 6.07) is 30.5. The molecular weight excluding hydrogens is 558 g/mol. The second-order valence-corrected chi connectivity index (χ2v) is 16.6. The number of carbonyl (C=O) groups is 2. The van der Waals surface area contributed by atoms with Gasteiger partial charge in [0.2, 0.25) is 0 Å². The van der Waals surface area contributed by atoms with Gasteiger partial charge in [-0.3, -0.25) is 4.79 Å². The first kappa shape index (κ1) is 33.8. The van der Waals surface area contributed by atoms with Crippen LogP contribution < -0.4 is 15.7 Å². The molecule has 0 radical (unpaired) electrons. The lowest BCUT2D eigenvalue weighted by atomic mass is 10.2. The van der Waals surface area contributed by atoms with E-state index in [1.165, 1.54) is 0 Å². The molecule has 8 heteroatoms. The highest BCUT2D eigenvalue weighted by molar-refractivity contribution is 6.99. The standard InChI is InChI=1S/C35H45NO6Si/c1-34(2,3)42-33(38)36-25-32(37)41-29(19-16-24-39-26-28-17-10-7-11-18-28)27-40-43(35(4,5)6,30-20-12-8-13-21-30)31-22-14-9-15-23-31/h7-23,29H,24-27H2,1-6H3,(H,36,38)/b19-16+/t29-/m0/s1. The van der Waals surface area contributed by atoms with Gasteiger partial charge in [0.15, 0.2) is 0 Å². The van der Waals surface area contributed by atoms with E-state index in [0.717, 1.165) is 15.9 Å². The van der Waals surface area contributed by atoms with Crippen LogP contribution in [0, 0.1) is 0 Å². The van der Waals surface area contributed by atoms with E-state index in [-0.39, 0.29) is 18.2 Å². The number of hydrogen-bond donors (Lipinski definition) is 1. The number of esters is 1. The lowest BCUT2D eigenvalue weighted by Crippen LogP contribution is -2.67. The molecule has 1 atom stereocenters. The van der Waals surface area contributed by atoms with E-state index in [0.29, 0.717) is 13.2 Å². The Morgan fingerprint density at radius 2 is 1.35 bits per heavy atom. The van der Waals surface area contributed by atoms with E-state index in [9.17, 15) is 9.59 Å². The van der Waals surface area contributed by atoms with Crippen LogP contribution >= 0.6 is 0 Å². The molecule has 0 aliphatic carbocycles. The maximum atomic E-state index is 12.9. The quantitative estimate of drug-likeness (QED) is 0.116. The zero-order chi connectivity index (χ0) is 31.3. The first-order valence-corrected chi connectivity index (χ1v) is 16.5. The third-order valence-electron chi connectivity index (χ3n) is 6.62. The number of benzene rings is 3. The van der Waals surface area contributed by atoms with Crippen LogP contribution in [0.1, 0.15) is 47.1 Å². The third-order valence-corrected chi connectivity index (χ3v) is 11.6. The van der Waals surface area contributed by atoms with E-state index in [4.69, 9.17) is 18.6 Å². The molecule has 0 aliphatic rings. The van der Waals surface area contributed by atoms with Gasteiger partial charge >= 0.3 is 12.1 Å². The zero-order valence-electron chi connectivity index (χ0n) is 26.2.